The van der Waals surface area contributed by atoms with Gasteiger partial charge in [-0.25, -0.2) is 0 Å². The van der Waals surface area contributed by atoms with E-state index in [0.717, 1.165) is 43.1 Å². The first kappa shape index (κ1) is 16.1. The van der Waals surface area contributed by atoms with Crippen molar-refractivity contribution >= 4 is 23.2 Å². The molecule has 5 heteroatoms. The predicted octanol–water partition coefficient (Wildman–Crippen LogP) is 2.50. The molecule has 1 saturated heterocycles. The van der Waals surface area contributed by atoms with Gasteiger partial charge in [0.25, 0.3) is 0 Å². The van der Waals surface area contributed by atoms with Crippen LogP contribution in [0.1, 0.15) is 12.0 Å². The molecule has 2 unspecified atom stereocenters. The van der Waals surface area contributed by atoms with Crippen molar-refractivity contribution in [3.05, 3.63) is 33.8 Å². The van der Waals surface area contributed by atoms with E-state index in [9.17, 15) is 0 Å². The van der Waals surface area contributed by atoms with Crippen LogP contribution < -0.4 is 5.73 Å². The second-order valence-electron chi connectivity index (χ2n) is 5.83. The highest BCUT2D eigenvalue weighted by molar-refractivity contribution is 6.33. The van der Waals surface area contributed by atoms with Crippen molar-refractivity contribution in [2.24, 2.45) is 5.73 Å². The molecule has 2 rings (SSSR count). The summed E-state index contributed by atoms with van der Waals surface area (Å²) in [6, 6.07) is 6.18. The van der Waals surface area contributed by atoms with Crippen LogP contribution in [0.2, 0.25) is 10.0 Å². The smallest absolute Gasteiger partial charge is 0.0439 e. The quantitative estimate of drug-likeness (QED) is 0.926. The number of nitrogens with zero attached hydrogens (tertiary/aromatic N) is 2. The number of piperazine rings is 1. The Morgan fingerprint density at radius 2 is 2.05 bits per heavy atom. The van der Waals surface area contributed by atoms with E-state index in [1.54, 1.807) is 0 Å². The lowest BCUT2D eigenvalue weighted by atomic mass is 9.98. The molecule has 1 heterocycles. The standard InChI is InChI=1S/C15H23Cl2N3/c1-19-5-6-20(2)14(10-19)9-13(18)8-11-7-12(16)3-4-15(11)17/h3-4,7,13-14H,5-6,8-10,18H2,1-2H3. The average molecular weight is 316 g/mol. The molecule has 2 N–H and O–H groups in total. The third-order valence-electron chi connectivity index (χ3n) is 4.04. The van der Waals surface area contributed by atoms with Crippen LogP contribution in [-0.2, 0) is 6.42 Å². The highest BCUT2D eigenvalue weighted by atomic mass is 35.5. The number of likely N-dealkylation sites (N-methyl/N-ethyl adjacent to an activating group) is 2. The van der Waals surface area contributed by atoms with Crippen LogP contribution in [0.3, 0.4) is 0 Å². The number of hydrogen-bond acceptors (Lipinski definition) is 3. The van der Waals surface area contributed by atoms with Gasteiger partial charge in [0.15, 0.2) is 0 Å². The summed E-state index contributed by atoms with van der Waals surface area (Å²) < 4.78 is 0. The molecule has 0 aromatic heterocycles. The predicted molar refractivity (Wildman–Crippen MR) is 86.7 cm³/mol. The van der Waals surface area contributed by atoms with Gasteiger partial charge in [-0.3, -0.25) is 0 Å². The zero-order valence-corrected chi connectivity index (χ0v) is 13.7. The van der Waals surface area contributed by atoms with Gasteiger partial charge in [-0.1, -0.05) is 23.2 Å². The fourth-order valence-electron chi connectivity index (χ4n) is 2.77. The Balaban J connectivity index is 1.94. The van der Waals surface area contributed by atoms with Crippen molar-refractivity contribution in [3.8, 4) is 0 Å². The van der Waals surface area contributed by atoms with Crippen molar-refractivity contribution in [2.75, 3.05) is 33.7 Å². The third kappa shape index (κ3) is 4.34. The lowest BCUT2D eigenvalue weighted by Crippen LogP contribution is -2.51. The van der Waals surface area contributed by atoms with Crippen LogP contribution >= 0.6 is 23.2 Å². The summed E-state index contributed by atoms with van der Waals surface area (Å²) in [7, 11) is 4.34. The molecular formula is C15H23Cl2N3. The Hall–Kier alpha value is -0.320. The lowest BCUT2D eigenvalue weighted by Gasteiger charge is -2.38. The Kier molecular flexibility index (Phi) is 5.70. The summed E-state index contributed by atoms with van der Waals surface area (Å²) in [5.74, 6) is 0. The minimum Gasteiger partial charge on any atom is -0.327 e. The largest absolute Gasteiger partial charge is 0.327 e. The van der Waals surface area contributed by atoms with E-state index in [1.165, 1.54) is 0 Å². The van der Waals surface area contributed by atoms with Gasteiger partial charge in [-0.15, -0.1) is 0 Å². The number of hydrogen-bond donors (Lipinski definition) is 1. The zero-order valence-electron chi connectivity index (χ0n) is 12.1. The van der Waals surface area contributed by atoms with Crippen LogP contribution in [0.25, 0.3) is 0 Å². The van der Waals surface area contributed by atoms with Gasteiger partial charge in [0, 0.05) is 41.8 Å². The molecule has 0 radical (unpaired) electrons. The summed E-state index contributed by atoms with van der Waals surface area (Å²) in [4.78, 5) is 4.77. The maximum absolute atomic E-state index is 6.32. The van der Waals surface area contributed by atoms with E-state index in [2.05, 4.69) is 23.9 Å². The molecular weight excluding hydrogens is 293 g/mol. The van der Waals surface area contributed by atoms with Crippen LogP contribution in [0.4, 0.5) is 0 Å². The van der Waals surface area contributed by atoms with E-state index in [0.29, 0.717) is 11.1 Å². The first-order chi connectivity index (χ1) is 9.45. The van der Waals surface area contributed by atoms with Gasteiger partial charge in [0.2, 0.25) is 0 Å². The molecule has 1 aromatic carbocycles. The molecule has 20 heavy (non-hydrogen) atoms. The average Bonchev–Trinajstić information content (AvgIpc) is 2.38. The first-order valence-electron chi connectivity index (χ1n) is 7.04. The normalized spacial score (nSPS) is 22.9. The van der Waals surface area contributed by atoms with Crippen LogP contribution in [0, 0.1) is 0 Å². The van der Waals surface area contributed by atoms with E-state index >= 15 is 0 Å². The maximum atomic E-state index is 6.32. The summed E-state index contributed by atoms with van der Waals surface area (Å²) in [5, 5.41) is 1.46. The third-order valence-corrected chi connectivity index (χ3v) is 4.65. The lowest BCUT2D eigenvalue weighted by molar-refractivity contribution is 0.104. The van der Waals surface area contributed by atoms with E-state index < -0.39 is 0 Å². The van der Waals surface area contributed by atoms with Crippen molar-refractivity contribution in [1.29, 1.82) is 0 Å². The fourth-order valence-corrected chi connectivity index (χ4v) is 3.16. The number of halogens is 2. The van der Waals surface area contributed by atoms with Gasteiger partial charge in [-0.05, 0) is 50.7 Å². The summed E-state index contributed by atoms with van der Waals surface area (Å²) in [6.45, 7) is 3.31. The zero-order chi connectivity index (χ0) is 14.7. The monoisotopic (exact) mass is 315 g/mol. The Morgan fingerprint density at radius 1 is 1.30 bits per heavy atom. The number of benzene rings is 1. The highest BCUT2D eigenvalue weighted by Crippen LogP contribution is 2.23. The maximum Gasteiger partial charge on any atom is 0.0439 e. The topological polar surface area (TPSA) is 32.5 Å². The molecule has 1 aromatic rings. The molecule has 0 amide bonds. The highest BCUT2D eigenvalue weighted by Gasteiger charge is 2.24. The minimum absolute atomic E-state index is 0.102. The molecule has 1 fully saturated rings. The van der Waals surface area contributed by atoms with Crippen molar-refractivity contribution in [3.63, 3.8) is 0 Å². The molecule has 1 aliphatic rings. The van der Waals surface area contributed by atoms with Crippen LogP contribution in [0.15, 0.2) is 18.2 Å². The van der Waals surface area contributed by atoms with Crippen molar-refractivity contribution < 1.29 is 0 Å². The molecule has 2 atom stereocenters. The second-order valence-corrected chi connectivity index (χ2v) is 6.68. The molecule has 3 nitrogen and oxygen atoms in total. The number of rotatable bonds is 4. The van der Waals surface area contributed by atoms with Crippen LogP contribution in [0.5, 0.6) is 0 Å². The Bertz CT molecular complexity index is 453. The molecule has 0 aliphatic carbocycles. The van der Waals surface area contributed by atoms with Crippen molar-refractivity contribution in [1.82, 2.24) is 9.80 Å². The van der Waals surface area contributed by atoms with Gasteiger partial charge in [0.05, 0.1) is 0 Å². The van der Waals surface area contributed by atoms with Crippen molar-refractivity contribution in [2.45, 2.75) is 24.9 Å². The summed E-state index contributed by atoms with van der Waals surface area (Å²) >= 11 is 12.2. The summed E-state index contributed by atoms with van der Waals surface area (Å²) in [6.07, 6.45) is 1.75. The summed E-state index contributed by atoms with van der Waals surface area (Å²) in [5.41, 5.74) is 7.36. The van der Waals surface area contributed by atoms with E-state index in [1.807, 2.05) is 18.2 Å². The SMILES string of the molecule is CN1CCN(C)C(CC(N)Cc2cc(Cl)ccc2Cl)C1. The Morgan fingerprint density at radius 3 is 2.80 bits per heavy atom. The fraction of sp³-hybridized carbons (Fsp3) is 0.600. The second kappa shape index (κ2) is 7.10. The Labute approximate surface area is 131 Å². The first-order valence-corrected chi connectivity index (χ1v) is 7.79. The van der Waals surface area contributed by atoms with Gasteiger partial charge >= 0.3 is 0 Å². The molecule has 1 aliphatic heterocycles. The van der Waals surface area contributed by atoms with Gasteiger partial charge in [-0.2, -0.15) is 0 Å². The molecule has 0 saturated carbocycles. The number of nitrogens with two attached hydrogens (primary N) is 1. The van der Waals surface area contributed by atoms with Gasteiger partial charge < -0.3 is 15.5 Å². The molecule has 112 valence electrons. The minimum atomic E-state index is 0.102. The molecule has 0 spiro atoms. The molecule has 0 bridgehead atoms. The van der Waals surface area contributed by atoms with Gasteiger partial charge in [0.1, 0.15) is 0 Å². The van der Waals surface area contributed by atoms with Crippen LogP contribution in [-0.4, -0.2) is 55.6 Å². The van der Waals surface area contributed by atoms with E-state index in [4.69, 9.17) is 28.9 Å². The van der Waals surface area contributed by atoms with E-state index in [-0.39, 0.29) is 6.04 Å².